The molecule has 3 N–H and O–H groups in total. The molecule has 164 valence electrons. The molecule has 1 heterocycles. The van der Waals surface area contributed by atoms with Gasteiger partial charge < -0.3 is 15.7 Å². The number of carbonyl (C=O) groups excluding carboxylic acids is 2. The van der Waals surface area contributed by atoms with Gasteiger partial charge in [0.1, 0.15) is 11.5 Å². The van der Waals surface area contributed by atoms with E-state index in [4.69, 9.17) is 5.73 Å². The van der Waals surface area contributed by atoms with E-state index in [1.807, 2.05) is 6.07 Å². The molecule has 0 saturated heterocycles. The second-order valence-corrected chi connectivity index (χ2v) is 8.87. The van der Waals surface area contributed by atoms with Gasteiger partial charge in [-0.2, -0.15) is 0 Å². The quantitative estimate of drug-likeness (QED) is 0.744. The number of nitrogens with zero attached hydrogens (tertiary/aromatic N) is 2. The predicted octanol–water partition coefficient (Wildman–Crippen LogP) is 2.70. The van der Waals surface area contributed by atoms with Gasteiger partial charge in [-0.05, 0) is 68.2 Å². The first-order chi connectivity index (χ1) is 14.8. The SMILES string of the molecule is CN(C(=O)C1(c2ccc(Cc3ccc(C(N)=O)nc3)cc2F)CC1)C1CCC(O)CC1. The van der Waals surface area contributed by atoms with Crippen LogP contribution in [0.5, 0.6) is 0 Å². The van der Waals surface area contributed by atoms with Crippen LogP contribution in [0.25, 0.3) is 0 Å². The van der Waals surface area contributed by atoms with Crippen LogP contribution in [0.2, 0.25) is 0 Å². The van der Waals surface area contributed by atoms with Gasteiger partial charge in [0.05, 0.1) is 11.5 Å². The third kappa shape index (κ3) is 4.32. The number of aliphatic hydroxyl groups is 1. The summed E-state index contributed by atoms with van der Waals surface area (Å²) in [5.41, 5.74) is 6.71. The number of hydrogen-bond acceptors (Lipinski definition) is 4. The van der Waals surface area contributed by atoms with Crippen LogP contribution >= 0.6 is 0 Å². The Kier molecular flexibility index (Phi) is 5.79. The molecule has 31 heavy (non-hydrogen) atoms. The zero-order valence-corrected chi connectivity index (χ0v) is 17.7. The molecule has 0 bridgehead atoms. The second kappa shape index (κ2) is 8.38. The van der Waals surface area contributed by atoms with Crippen molar-refractivity contribution in [3.63, 3.8) is 0 Å². The number of rotatable bonds is 6. The first-order valence-corrected chi connectivity index (χ1v) is 10.8. The lowest BCUT2D eigenvalue weighted by atomic mass is 9.88. The Morgan fingerprint density at radius 1 is 1.16 bits per heavy atom. The van der Waals surface area contributed by atoms with Crippen LogP contribution in [0.3, 0.4) is 0 Å². The Labute approximate surface area is 181 Å². The van der Waals surface area contributed by atoms with Gasteiger partial charge in [0, 0.05) is 24.8 Å². The van der Waals surface area contributed by atoms with Crippen molar-refractivity contribution in [2.75, 3.05) is 7.05 Å². The first kappa shape index (κ1) is 21.4. The third-order valence-corrected chi connectivity index (χ3v) is 6.73. The number of likely N-dealkylation sites (N-methyl/N-ethyl adjacent to an activating group) is 1. The van der Waals surface area contributed by atoms with Crippen molar-refractivity contribution in [1.82, 2.24) is 9.88 Å². The molecule has 1 aromatic carbocycles. The normalized spacial score (nSPS) is 22.0. The summed E-state index contributed by atoms with van der Waals surface area (Å²) in [6.45, 7) is 0. The lowest BCUT2D eigenvalue weighted by Crippen LogP contribution is -2.45. The summed E-state index contributed by atoms with van der Waals surface area (Å²) in [6, 6.07) is 8.49. The highest BCUT2D eigenvalue weighted by atomic mass is 19.1. The van der Waals surface area contributed by atoms with Crippen molar-refractivity contribution < 1.29 is 19.1 Å². The van der Waals surface area contributed by atoms with E-state index in [1.54, 1.807) is 36.3 Å². The molecule has 2 aromatic rings. The Balaban J connectivity index is 1.48. The standard InChI is InChI=1S/C24H28FN3O3/c1-28(17-4-6-18(29)7-5-17)23(31)24(10-11-24)19-8-2-15(13-20(19)25)12-16-3-9-21(22(26)30)27-14-16/h2-3,8-9,13-14,17-18,29H,4-7,10-12H2,1H3,(H2,26,30). The molecule has 2 amide bonds. The Bertz CT molecular complexity index is 980. The number of amides is 2. The molecule has 4 rings (SSSR count). The summed E-state index contributed by atoms with van der Waals surface area (Å²) in [5.74, 6) is -0.972. The highest BCUT2D eigenvalue weighted by Gasteiger charge is 2.54. The van der Waals surface area contributed by atoms with Crippen molar-refractivity contribution in [3.05, 3.63) is 64.7 Å². The number of benzene rings is 1. The van der Waals surface area contributed by atoms with Crippen molar-refractivity contribution >= 4 is 11.8 Å². The highest BCUT2D eigenvalue weighted by Crippen LogP contribution is 2.51. The topological polar surface area (TPSA) is 96.5 Å². The van der Waals surface area contributed by atoms with Gasteiger partial charge >= 0.3 is 0 Å². The minimum Gasteiger partial charge on any atom is -0.393 e. The second-order valence-electron chi connectivity index (χ2n) is 8.87. The van der Waals surface area contributed by atoms with E-state index < -0.39 is 11.3 Å². The number of hydrogen-bond donors (Lipinski definition) is 2. The van der Waals surface area contributed by atoms with Crippen LogP contribution in [-0.2, 0) is 16.6 Å². The Morgan fingerprint density at radius 3 is 2.39 bits per heavy atom. The first-order valence-electron chi connectivity index (χ1n) is 10.8. The fraction of sp³-hybridized carbons (Fsp3) is 0.458. The molecule has 2 aliphatic rings. The lowest BCUT2D eigenvalue weighted by Gasteiger charge is -2.35. The summed E-state index contributed by atoms with van der Waals surface area (Å²) in [5, 5.41) is 9.73. The maximum atomic E-state index is 15.1. The summed E-state index contributed by atoms with van der Waals surface area (Å²) in [4.78, 5) is 30.2. The summed E-state index contributed by atoms with van der Waals surface area (Å²) < 4.78 is 15.1. The zero-order valence-electron chi connectivity index (χ0n) is 17.7. The largest absolute Gasteiger partial charge is 0.393 e. The summed E-state index contributed by atoms with van der Waals surface area (Å²) in [6.07, 6.45) is 6.03. The molecule has 0 atom stereocenters. The number of pyridine rings is 1. The average molecular weight is 426 g/mol. The van der Waals surface area contributed by atoms with Crippen LogP contribution in [0.15, 0.2) is 36.5 Å². The fourth-order valence-corrected chi connectivity index (χ4v) is 4.64. The van der Waals surface area contributed by atoms with E-state index in [9.17, 15) is 14.7 Å². The van der Waals surface area contributed by atoms with Gasteiger partial charge in [-0.3, -0.25) is 14.6 Å². The molecular weight excluding hydrogens is 397 g/mol. The molecule has 7 heteroatoms. The molecule has 2 aliphatic carbocycles. The lowest BCUT2D eigenvalue weighted by molar-refractivity contribution is -0.135. The molecule has 2 fully saturated rings. The van der Waals surface area contributed by atoms with Gasteiger partial charge in [-0.15, -0.1) is 0 Å². The van der Waals surface area contributed by atoms with Crippen LogP contribution in [-0.4, -0.2) is 46.0 Å². The Hall–Kier alpha value is -2.80. The average Bonchev–Trinajstić information content (AvgIpc) is 3.55. The van der Waals surface area contributed by atoms with Crippen molar-refractivity contribution in [2.45, 2.75) is 62.5 Å². The minimum absolute atomic E-state index is 0.0215. The van der Waals surface area contributed by atoms with E-state index in [1.165, 1.54) is 6.07 Å². The van der Waals surface area contributed by atoms with Crippen LogP contribution < -0.4 is 5.73 Å². The van der Waals surface area contributed by atoms with Gasteiger partial charge in [0.25, 0.3) is 5.91 Å². The number of halogens is 1. The molecule has 0 unspecified atom stereocenters. The fourth-order valence-electron chi connectivity index (χ4n) is 4.64. The number of carbonyl (C=O) groups is 2. The van der Waals surface area contributed by atoms with Crippen molar-refractivity contribution in [1.29, 1.82) is 0 Å². The third-order valence-electron chi connectivity index (χ3n) is 6.73. The van der Waals surface area contributed by atoms with Crippen LogP contribution in [0, 0.1) is 5.82 Å². The van der Waals surface area contributed by atoms with Gasteiger partial charge in [0.2, 0.25) is 5.91 Å². The Morgan fingerprint density at radius 2 is 1.84 bits per heavy atom. The van der Waals surface area contributed by atoms with Gasteiger partial charge in [-0.1, -0.05) is 18.2 Å². The van der Waals surface area contributed by atoms with E-state index in [0.717, 1.165) is 24.0 Å². The van der Waals surface area contributed by atoms with Crippen LogP contribution in [0.4, 0.5) is 4.39 Å². The van der Waals surface area contributed by atoms with E-state index in [0.29, 0.717) is 37.7 Å². The monoisotopic (exact) mass is 425 g/mol. The maximum Gasteiger partial charge on any atom is 0.267 e. The molecule has 0 aliphatic heterocycles. The highest BCUT2D eigenvalue weighted by molar-refractivity contribution is 5.91. The molecule has 1 aromatic heterocycles. The van der Waals surface area contributed by atoms with E-state index in [2.05, 4.69) is 4.98 Å². The van der Waals surface area contributed by atoms with Gasteiger partial charge in [0.15, 0.2) is 0 Å². The zero-order chi connectivity index (χ0) is 22.2. The van der Waals surface area contributed by atoms with Crippen LogP contribution in [0.1, 0.15) is 65.7 Å². The van der Waals surface area contributed by atoms with Gasteiger partial charge in [-0.25, -0.2) is 4.39 Å². The molecule has 0 radical (unpaired) electrons. The smallest absolute Gasteiger partial charge is 0.267 e. The van der Waals surface area contributed by atoms with Crippen molar-refractivity contribution in [2.24, 2.45) is 5.73 Å². The minimum atomic E-state index is -0.766. The number of primary amides is 1. The summed E-state index contributed by atoms with van der Waals surface area (Å²) >= 11 is 0. The molecule has 0 spiro atoms. The summed E-state index contributed by atoms with van der Waals surface area (Å²) in [7, 11) is 1.81. The molecule has 6 nitrogen and oxygen atoms in total. The molecular formula is C24H28FN3O3. The van der Waals surface area contributed by atoms with E-state index >= 15 is 4.39 Å². The number of nitrogens with two attached hydrogens (primary N) is 1. The number of aromatic nitrogens is 1. The predicted molar refractivity (Wildman–Crippen MR) is 114 cm³/mol. The maximum absolute atomic E-state index is 15.1. The number of aliphatic hydroxyl groups excluding tert-OH is 1. The van der Waals surface area contributed by atoms with Crippen molar-refractivity contribution in [3.8, 4) is 0 Å². The van der Waals surface area contributed by atoms with E-state index in [-0.39, 0.29) is 29.6 Å². The molecule has 2 saturated carbocycles.